The summed E-state index contributed by atoms with van der Waals surface area (Å²) in [5, 5.41) is 2.53. The Morgan fingerprint density at radius 2 is 1.78 bits per heavy atom. The molecule has 130 valence electrons. The SMILES string of the molecule is CN(C)CCCNC(=O)CN(c1c(F)cccc1F)S(C)(=O)=O. The van der Waals surface area contributed by atoms with Crippen LogP contribution in [0, 0.1) is 11.6 Å². The Balaban J connectivity index is 2.84. The standard InChI is InChI=1S/C14H21F2N3O3S/c1-18(2)9-5-8-17-13(20)10-19(23(3,21)22)14-11(15)6-4-7-12(14)16/h4,6-7H,5,8-10H2,1-3H3,(H,17,20). The monoisotopic (exact) mass is 349 g/mol. The molecule has 0 bridgehead atoms. The second kappa shape index (κ2) is 8.21. The summed E-state index contributed by atoms with van der Waals surface area (Å²) in [5.41, 5.74) is -0.751. The highest BCUT2D eigenvalue weighted by molar-refractivity contribution is 7.92. The first-order valence-corrected chi connectivity index (χ1v) is 8.81. The number of benzene rings is 1. The second-order valence-electron chi connectivity index (χ2n) is 5.35. The van der Waals surface area contributed by atoms with Crippen LogP contribution in [0.3, 0.4) is 0 Å². The third-order valence-corrected chi connectivity index (χ3v) is 4.09. The van der Waals surface area contributed by atoms with E-state index in [1.807, 2.05) is 19.0 Å². The summed E-state index contributed by atoms with van der Waals surface area (Å²) in [7, 11) is -0.252. The van der Waals surface area contributed by atoms with Gasteiger partial charge in [0.1, 0.15) is 12.2 Å². The van der Waals surface area contributed by atoms with Gasteiger partial charge in [-0.2, -0.15) is 0 Å². The number of carbonyl (C=O) groups is 1. The number of hydrogen-bond donors (Lipinski definition) is 1. The molecule has 1 aromatic carbocycles. The minimum absolute atomic E-state index is 0.342. The van der Waals surface area contributed by atoms with Gasteiger partial charge in [0.15, 0.2) is 11.6 Å². The van der Waals surface area contributed by atoms with Gasteiger partial charge < -0.3 is 10.2 Å². The Morgan fingerprint density at radius 3 is 2.26 bits per heavy atom. The summed E-state index contributed by atoms with van der Waals surface area (Å²) < 4.78 is 51.6. The Morgan fingerprint density at radius 1 is 1.22 bits per heavy atom. The van der Waals surface area contributed by atoms with Gasteiger partial charge in [0.05, 0.1) is 6.26 Å². The number of rotatable bonds is 8. The maximum atomic E-state index is 13.8. The molecule has 0 aromatic heterocycles. The molecule has 0 unspecified atom stereocenters. The van der Waals surface area contributed by atoms with Crippen molar-refractivity contribution in [2.75, 3.05) is 44.3 Å². The predicted molar refractivity (Wildman–Crippen MR) is 84.7 cm³/mol. The van der Waals surface area contributed by atoms with E-state index in [1.165, 1.54) is 0 Å². The molecule has 1 amide bonds. The molecular formula is C14H21F2N3O3S. The van der Waals surface area contributed by atoms with E-state index >= 15 is 0 Å². The van der Waals surface area contributed by atoms with Crippen LogP contribution in [-0.4, -0.2) is 59.2 Å². The lowest BCUT2D eigenvalue weighted by Gasteiger charge is -2.22. The molecule has 1 aromatic rings. The zero-order chi connectivity index (χ0) is 17.6. The van der Waals surface area contributed by atoms with Crippen molar-refractivity contribution < 1.29 is 22.0 Å². The number of amides is 1. The third-order valence-electron chi connectivity index (χ3n) is 2.98. The van der Waals surface area contributed by atoms with Gasteiger partial charge in [-0.3, -0.25) is 9.10 Å². The topological polar surface area (TPSA) is 69.7 Å². The normalized spacial score (nSPS) is 11.6. The summed E-state index contributed by atoms with van der Waals surface area (Å²) in [6.07, 6.45) is 1.46. The van der Waals surface area contributed by atoms with E-state index in [4.69, 9.17) is 0 Å². The summed E-state index contributed by atoms with van der Waals surface area (Å²) >= 11 is 0. The van der Waals surface area contributed by atoms with E-state index in [1.54, 1.807) is 0 Å². The van der Waals surface area contributed by atoms with Crippen molar-refractivity contribution in [1.82, 2.24) is 10.2 Å². The molecular weight excluding hydrogens is 328 g/mol. The fraction of sp³-hybridized carbons (Fsp3) is 0.500. The number of anilines is 1. The van der Waals surface area contributed by atoms with Gasteiger partial charge in [-0.05, 0) is 39.2 Å². The van der Waals surface area contributed by atoms with Crippen LogP contribution in [0.1, 0.15) is 6.42 Å². The van der Waals surface area contributed by atoms with Gasteiger partial charge in [0.25, 0.3) is 0 Å². The summed E-state index contributed by atoms with van der Waals surface area (Å²) in [4.78, 5) is 13.8. The number of nitrogens with one attached hydrogen (secondary N) is 1. The Bertz CT molecular complexity index is 630. The van der Waals surface area contributed by atoms with Crippen LogP contribution in [0.5, 0.6) is 0 Å². The minimum Gasteiger partial charge on any atom is -0.354 e. The molecule has 0 saturated carbocycles. The Labute approximate surface area is 135 Å². The predicted octanol–water partition coefficient (Wildman–Crippen LogP) is 0.799. The Hall–Kier alpha value is -1.74. The second-order valence-corrected chi connectivity index (χ2v) is 7.25. The van der Waals surface area contributed by atoms with Gasteiger partial charge in [0, 0.05) is 6.54 Å². The molecule has 0 heterocycles. The van der Waals surface area contributed by atoms with Crippen LogP contribution in [0.4, 0.5) is 14.5 Å². The fourth-order valence-corrected chi connectivity index (χ4v) is 2.76. The summed E-state index contributed by atoms with van der Waals surface area (Å²) in [6, 6.07) is 2.99. The molecule has 0 atom stereocenters. The molecule has 1 rings (SSSR count). The van der Waals surface area contributed by atoms with Crippen molar-refractivity contribution in [2.24, 2.45) is 0 Å². The molecule has 23 heavy (non-hydrogen) atoms. The molecule has 1 N–H and O–H groups in total. The maximum Gasteiger partial charge on any atom is 0.240 e. The van der Waals surface area contributed by atoms with Crippen LogP contribution >= 0.6 is 0 Å². The number of sulfonamides is 1. The van der Waals surface area contributed by atoms with E-state index in [9.17, 15) is 22.0 Å². The van der Waals surface area contributed by atoms with E-state index in [2.05, 4.69) is 5.32 Å². The van der Waals surface area contributed by atoms with Crippen LogP contribution in [-0.2, 0) is 14.8 Å². The van der Waals surface area contributed by atoms with Gasteiger partial charge >= 0.3 is 0 Å². The van der Waals surface area contributed by atoms with Gasteiger partial charge in [-0.25, -0.2) is 17.2 Å². The molecule has 0 fully saturated rings. The number of carbonyl (C=O) groups excluding carboxylic acids is 1. The van der Waals surface area contributed by atoms with Crippen molar-refractivity contribution in [3.05, 3.63) is 29.8 Å². The summed E-state index contributed by atoms with van der Waals surface area (Å²) in [5.74, 6) is -2.72. The highest BCUT2D eigenvalue weighted by atomic mass is 32.2. The lowest BCUT2D eigenvalue weighted by Crippen LogP contribution is -2.41. The largest absolute Gasteiger partial charge is 0.354 e. The van der Waals surface area contributed by atoms with E-state index in [-0.39, 0.29) is 0 Å². The van der Waals surface area contributed by atoms with E-state index in [0.29, 0.717) is 17.3 Å². The first kappa shape index (κ1) is 19.3. The molecule has 0 aliphatic rings. The fourth-order valence-electron chi connectivity index (χ4n) is 1.90. The number of para-hydroxylation sites is 1. The van der Waals surface area contributed by atoms with Gasteiger partial charge in [-0.15, -0.1) is 0 Å². The zero-order valence-electron chi connectivity index (χ0n) is 13.3. The van der Waals surface area contributed by atoms with Crippen molar-refractivity contribution in [2.45, 2.75) is 6.42 Å². The molecule has 9 heteroatoms. The van der Waals surface area contributed by atoms with Gasteiger partial charge in [-0.1, -0.05) is 6.07 Å². The quantitative estimate of drug-likeness (QED) is 0.705. The van der Waals surface area contributed by atoms with E-state index in [0.717, 1.165) is 31.0 Å². The first-order valence-electron chi connectivity index (χ1n) is 6.96. The maximum absolute atomic E-state index is 13.8. The molecule has 0 aliphatic heterocycles. The van der Waals surface area contributed by atoms with Crippen molar-refractivity contribution in [3.8, 4) is 0 Å². The number of nitrogens with zero attached hydrogens (tertiary/aromatic N) is 2. The number of halogens is 2. The van der Waals surface area contributed by atoms with Crippen molar-refractivity contribution >= 4 is 21.6 Å². The number of hydrogen-bond acceptors (Lipinski definition) is 4. The average Bonchev–Trinajstić information content (AvgIpc) is 2.41. The molecule has 0 radical (unpaired) electrons. The molecule has 0 aliphatic carbocycles. The highest BCUT2D eigenvalue weighted by Crippen LogP contribution is 2.25. The van der Waals surface area contributed by atoms with Crippen LogP contribution < -0.4 is 9.62 Å². The van der Waals surface area contributed by atoms with Crippen LogP contribution in [0.25, 0.3) is 0 Å². The zero-order valence-corrected chi connectivity index (χ0v) is 14.2. The van der Waals surface area contributed by atoms with Gasteiger partial charge in [0.2, 0.25) is 15.9 Å². The average molecular weight is 349 g/mol. The lowest BCUT2D eigenvalue weighted by molar-refractivity contribution is -0.119. The Kier molecular flexibility index (Phi) is 6.89. The molecule has 6 nitrogen and oxygen atoms in total. The molecule has 0 saturated heterocycles. The summed E-state index contributed by atoms with van der Waals surface area (Å²) in [6.45, 7) is 0.408. The smallest absolute Gasteiger partial charge is 0.240 e. The lowest BCUT2D eigenvalue weighted by atomic mass is 10.3. The van der Waals surface area contributed by atoms with Crippen LogP contribution in [0.2, 0.25) is 0 Å². The molecule has 0 spiro atoms. The first-order chi connectivity index (χ1) is 10.6. The van der Waals surface area contributed by atoms with Crippen molar-refractivity contribution in [1.29, 1.82) is 0 Å². The minimum atomic E-state index is -4.02. The highest BCUT2D eigenvalue weighted by Gasteiger charge is 2.26. The third kappa shape index (κ3) is 6.11. The van der Waals surface area contributed by atoms with E-state index < -0.39 is 39.8 Å². The van der Waals surface area contributed by atoms with Crippen molar-refractivity contribution in [3.63, 3.8) is 0 Å². The van der Waals surface area contributed by atoms with Crippen LogP contribution in [0.15, 0.2) is 18.2 Å².